The number of thiophene rings is 1. The summed E-state index contributed by atoms with van der Waals surface area (Å²) < 4.78 is 4.73. The maximum atomic E-state index is 12.9. The van der Waals surface area contributed by atoms with Crippen LogP contribution in [-0.2, 0) is 16.1 Å². The molecule has 198 valence electrons. The molecule has 0 aliphatic carbocycles. The highest BCUT2D eigenvalue weighted by Crippen LogP contribution is 2.22. The van der Waals surface area contributed by atoms with E-state index >= 15 is 0 Å². The summed E-state index contributed by atoms with van der Waals surface area (Å²) in [5.41, 5.74) is 1.19. The lowest BCUT2D eigenvalue weighted by atomic mass is 10.1. The van der Waals surface area contributed by atoms with E-state index in [9.17, 15) is 29.1 Å². The molecule has 0 bridgehead atoms. The van der Waals surface area contributed by atoms with Gasteiger partial charge >= 0.3 is 11.9 Å². The number of aromatic hydroxyl groups is 1. The van der Waals surface area contributed by atoms with Crippen molar-refractivity contribution in [3.63, 3.8) is 0 Å². The summed E-state index contributed by atoms with van der Waals surface area (Å²) in [6, 6.07) is 12.1. The molecule has 2 aromatic carbocycles. The van der Waals surface area contributed by atoms with Crippen LogP contribution in [0.3, 0.4) is 0 Å². The number of rotatable bonds is 10. The monoisotopic (exact) mass is 539 g/mol. The van der Waals surface area contributed by atoms with E-state index in [-0.39, 0.29) is 39.7 Å². The fraction of sp³-hybridized carbons (Fsp3) is 0.192. The summed E-state index contributed by atoms with van der Waals surface area (Å²) in [6.07, 6.45) is 0. The van der Waals surface area contributed by atoms with Crippen molar-refractivity contribution in [2.24, 2.45) is 0 Å². The Morgan fingerprint density at radius 3 is 2.32 bits per heavy atom. The summed E-state index contributed by atoms with van der Waals surface area (Å²) in [6.45, 7) is 1.49. The summed E-state index contributed by atoms with van der Waals surface area (Å²) in [4.78, 5) is 61.9. The quantitative estimate of drug-likeness (QED) is 0.244. The largest absolute Gasteiger partial charge is 0.508 e. The number of carboxylic acid groups (broad SMARTS) is 1. The first-order chi connectivity index (χ1) is 18.1. The molecule has 0 saturated carbocycles. The molecule has 1 heterocycles. The van der Waals surface area contributed by atoms with Crippen molar-refractivity contribution in [3.8, 4) is 5.75 Å². The van der Waals surface area contributed by atoms with Crippen molar-refractivity contribution in [2.45, 2.75) is 19.5 Å². The van der Waals surface area contributed by atoms with Crippen LogP contribution in [0.5, 0.6) is 5.75 Å². The molecule has 0 aliphatic rings. The molecule has 11 nitrogen and oxygen atoms in total. The molecule has 0 saturated heterocycles. The van der Waals surface area contributed by atoms with Gasteiger partial charge in [-0.1, -0.05) is 18.2 Å². The van der Waals surface area contributed by atoms with Gasteiger partial charge in [0.2, 0.25) is 0 Å². The Morgan fingerprint density at radius 2 is 1.63 bits per heavy atom. The SMILES string of the molecule is COC(=O)C(CNC(=O)c1cccc(C(=O)O)c1)NC(=O)c1sc(C(=O)NCc2cccc(O)c2)cc1C. The molecule has 5 N–H and O–H groups in total. The number of phenolic OH excluding ortho intramolecular Hbond substituents is 1. The van der Waals surface area contributed by atoms with Crippen molar-refractivity contribution >= 4 is 41.0 Å². The maximum Gasteiger partial charge on any atom is 0.335 e. The number of aryl methyl sites for hydroxylation is 1. The minimum Gasteiger partial charge on any atom is -0.508 e. The van der Waals surface area contributed by atoms with Gasteiger partial charge in [0.25, 0.3) is 17.7 Å². The van der Waals surface area contributed by atoms with Crippen LogP contribution < -0.4 is 16.0 Å². The third kappa shape index (κ3) is 7.17. The maximum absolute atomic E-state index is 12.9. The lowest BCUT2D eigenvalue weighted by molar-refractivity contribution is -0.142. The molecule has 0 aliphatic heterocycles. The lowest BCUT2D eigenvalue weighted by Crippen LogP contribution is -2.49. The van der Waals surface area contributed by atoms with Gasteiger partial charge in [-0.15, -0.1) is 11.3 Å². The molecule has 1 unspecified atom stereocenters. The number of ether oxygens (including phenoxy) is 1. The van der Waals surface area contributed by atoms with Crippen LogP contribution in [0.25, 0.3) is 0 Å². The Bertz CT molecular complexity index is 1380. The molecule has 1 aromatic heterocycles. The molecule has 3 amide bonds. The average molecular weight is 540 g/mol. The minimum absolute atomic E-state index is 0.0651. The second kappa shape index (κ2) is 12.5. The van der Waals surface area contributed by atoms with E-state index in [0.29, 0.717) is 11.1 Å². The zero-order valence-corrected chi connectivity index (χ0v) is 21.3. The fourth-order valence-corrected chi connectivity index (χ4v) is 4.40. The van der Waals surface area contributed by atoms with Gasteiger partial charge in [-0.25, -0.2) is 9.59 Å². The van der Waals surface area contributed by atoms with Gasteiger partial charge in [0.05, 0.1) is 22.4 Å². The highest BCUT2D eigenvalue weighted by molar-refractivity contribution is 7.16. The third-order valence-corrected chi connectivity index (χ3v) is 6.58. The second-order valence-corrected chi connectivity index (χ2v) is 9.17. The first-order valence-electron chi connectivity index (χ1n) is 11.3. The van der Waals surface area contributed by atoms with E-state index < -0.39 is 35.7 Å². The summed E-state index contributed by atoms with van der Waals surface area (Å²) in [5.74, 6) is -3.63. The number of esters is 1. The van der Waals surface area contributed by atoms with Crippen LogP contribution in [0.1, 0.15) is 51.2 Å². The van der Waals surface area contributed by atoms with Gasteiger partial charge in [0.15, 0.2) is 0 Å². The molecule has 0 radical (unpaired) electrons. The van der Waals surface area contributed by atoms with E-state index in [1.807, 2.05) is 0 Å². The van der Waals surface area contributed by atoms with Gasteiger partial charge in [0, 0.05) is 18.7 Å². The van der Waals surface area contributed by atoms with Crippen molar-refractivity contribution in [1.29, 1.82) is 0 Å². The van der Waals surface area contributed by atoms with Crippen molar-refractivity contribution in [2.75, 3.05) is 13.7 Å². The molecule has 38 heavy (non-hydrogen) atoms. The molecule has 12 heteroatoms. The van der Waals surface area contributed by atoms with E-state index in [0.717, 1.165) is 18.4 Å². The lowest BCUT2D eigenvalue weighted by Gasteiger charge is -2.17. The first kappa shape index (κ1) is 27.9. The van der Waals surface area contributed by atoms with E-state index in [1.54, 1.807) is 25.1 Å². The van der Waals surface area contributed by atoms with Crippen molar-refractivity contribution < 1.29 is 38.9 Å². The number of phenols is 1. The number of aromatic carboxylic acids is 1. The summed E-state index contributed by atoms with van der Waals surface area (Å²) in [7, 11) is 1.13. The molecule has 3 rings (SSSR count). The number of amides is 3. The Balaban J connectivity index is 1.65. The van der Waals surface area contributed by atoms with Gasteiger partial charge in [-0.3, -0.25) is 14.4 Å². The predicted octanol–water partition coefficient (Wildman–Crippen LogP) is 2.09. The number of methoxy groups -OCH3 is 1. The van der Waals surface area contributed by atoms with Gasteiger partial charge in [-0.05, 0) is 54.4 Å². The summed E-state index contributed by atoms with van der Waals surface area (Å²) >= 11 is 0.932. The number of nitrogens with one attached hydrogen (secondary N) is 3. The van der Waals surface area contributed by atoms with E-state index in [4.69, 9.17) is 9.84 Å². The normalized spacial score (nSPS) is 11.2. The Morgan fingerprint density at radius 1 is 0.921 bits per heavy atom. The van der Waals surface area contributed by atoms with Crippen LogP contribution in [-0.4, -0.2) is 59.6 Å². The number of hydrogen-bond donors (Lipinski definition) is 5. The van der Waals surface area contributed by atoms with E-state index in [1.165, 1.54) is 36.4 Å². The van der Waals surface area contributed by atoms with E-state index in [2.05, 4.69) is 16.0 Å². The predicted molar refractivity (Wildman–Crippen MR) is 137 cm³/mol. The number of benzene rings is 2. The van der Waals surface area contributed by atoms with Crippen LogP contribution in [0.2, 0.25) is 0 Å². The number of carbonyl (C=O) groups is 5. The zero-order valence-electron chi connectivity index (χ0n) is 20.4. The molecular weight excluding hydrogens is 514 g/mol. The first-order valence-corrected chi connectivity index (χ1v) is 12.1. The standard InChI is InChI=1S/C26H25N3O8S/c1-14-9-20(23(32)27-12-15-5-3-8-18(30)10-15)38-21(14)24(33)29-19(26(36)37-2)13-28-22(31)16-6-4-7-17(11-16)25(34)35/h3-11,19,30H,12-13H2,1-2H3,(H,27,32)(H,28,31)(H,29,33)(H,34,35). The molecule has 1 atom stereocenters. The molecule has 3 aromatic rings. The highest BCUT2D eigenvalue weighted by Gasteiger charge is 2.26. The molecule has 0 spiro atoms. The average Bonchev–Trinajstić information content (AvgIpc) is 3.30. The van der Waals surface area contributed by atoms with Crippen LogP contribution in [0.4, 0.5) is 0 Å². The smallest absolute Gasteiger partial charge is 0.335 e. The van der Waals surface area contributed by atoms with Gasteiger partial charge in [0.1, 0.15) is 11.8 Å². The number of hydrogen-bond acceptors (Lipinski definition) is 8. The number of carbonyl (C=O) groups excluding carboxylic acids is 4. The Labute approximate surface area is 221 Å². The van der Waals surface area contributed by atoms with Gasteiger partial charge in [-0.2, -0.15) is 0 Å². The second-order valence-electron chi connectivity index (χ2n) is 8.12. The third-order valence-electron chi connectivity index (χ3n) is 5.34. The fourth-order valence-electron chi connectivity index (χ4n) is 3.40. The van der Waals surface area contributed by atoms with Crippen LogP contribution in [0, 0.1) is 6.92 Å². The zero-order chi connectivity index (χ0) is 27.8. The highest BCUT2D eigenvalue weighted by atomic mass is 32.1. The molecule has 0 fully saturated rings. The Kier molecular flexibility index (Phi) is 9.17. The number of carboxylic acids is 1. The van der Waals surface area contributed by atoms with Crippen molar-refractivity contribution in [1.82, 2.24) is 16.0 Å². The topological polar surface area (TPSA) is 171 Å². The minimum atomic E-state index is -1.25. The summed E-state index contributed by atoms with van der Waals surface area (Å²) in [5, 5.41) is 26.4. The van der Waals surface area contributed by atoms with Crippen LogP contribution >= 0.6 is 11.3 Å². The van der Waals surface area contributed by atoms with Gasteiger partial charge < -0.3 is 30.9 Å². The Hall–Kier alpha value is -4.71. The van der Waals surface area contributed by atoms with Crippen molar-refractivity contribution in [3.05, 3.63) is 86.6 Å². The van der Waals surface area contributed by atoms with Crippen LogP contribution in [0.15, 0.2) is 54.6 Å². The molecular formula is C26H25N3O8S.